The van der Waals surface area contributed by atoms with E-state index in [1.165, 1.54) is 23.3 Å². The molecule has 0 aromatic carbocycles. The summed E-state index contributed by atoms with van der Waals surface area (Å²) >= 11 is 7.43. The number of hydrogen-bond donors (Lipinski definition) is 2. The van der Waals surface area contributed by atoms with Crippen molar-refractivity contribution in [2.45, 2.75) is 5.16 Å². The summed E-state index contributed by atoms with van der Waals surface area (Å²) in [7, 11) is 1.60. The van der Waals surface area contributed by atoms with Crippen molar-refractivity contribution in [2.75, 3.05) is 12.8 Å². The van der Waals surface area contributed by atoms with Crippen LogP contribution in [0.15, 0.2) is 5.16 Å². The lowest BCUT2D eigenvalue weighted by Crippen LogP contribution is -2.19. The second-order valence-electron chi connectivity index (χ2n) is 1.85. The van der Waals surface area contributed by atoms with Gasteiger partial charge in [-0.3, -0.25) is 9.17 Å². The molecular formula is C5H7N3OS3. The summed E-state index contributed by atoms with van der Waals surface area (Å²) in [4.78, 5) is 14.8. The highest BCUT2D eigenvalue weighted by molar-refractivity contribution is 7.99. The van der Waals surface area contributed by atoms with Crippen LogP contribution in [0.25, 0.3) is 0 Å². The number of amides is 1. The fourth-order valence-electron chi connectivity index (χ4n) is 0.484. The van der Waals surface area contributed by atoms with E-state index in [9.17, 15) is 4.79 Å². The first-order valence-electron chi connectivity index (χ1n) is 3.11. The number of hydrogen-bond acceptors (Lipinski definition) is 5. The van der Waals surface area contributed by atoms with E-state index in [1.54, 1.807) is 7.05 Å². The summed E-state index contributed by atoms with van der Waals surface area (Å²) < 4.78 is 3.46. The molecule has 0 unspecified atom stereocenters. The third-order valence-electron chi connectivity index (χ3n) is 1.04. The molecule has 1 aromatic rings. The van der Waals surface area contributed by atoms with Crippen molar-refractivity contribution < 1.29 is 4.79 Å². The smallest absolute Gasteiger partial charge is 0.230 e. The Balaban J connectivity index is 2.43. The van der Waals surface area contributed by atoms with Gasteiger partial charge in [-0.25, -0.2) is 4.98 Å². The maximum absolute atomic E-state index is 10.8. The quantitative estimate of drug-likeness (QED) is 0.591. The Labute approximate surface area is 82.9 Å². The molecule has 0 saturated heterocycles. The van der Waals surface area contributed by atoms with Crippen molar-refractivity contribution in [3.05, 3.63) is 3.95 Å². The lowest BCUT2D eigenvalue weighted by atomic mass is 10.7. The number of carbonyl (C=O) groups is 1. The van der Waals surface area contributed by atoms with Crippen molar-refractivity contribution in [3.63, 3.8) is 0 Å². The van der Waals surface area contributed by atoms with Crippen LogP contribution < -0.4 is 5.32 Å². The molecule has 12 heavy (non-hydrogen) atoms. The summed E-state index contributed by atoms with van der Waals surface area (Å²) in [6.45, 7) is 0. The minimum absolute atomic E-state index is 0.0210. The number of H-pyrrole nitrogens is 1. The van der Waals surface area contributed by atoms with E-state index in [0.717, 1.165) is 0 Å². The predicted octanol–water partition coefficient (Wildman–Crippen LogP) is 1.04. The molecule has 1 rings (SSSR count). The molecule has 66 valence electrons. The third-order valence-corrected chi connectivity index (χ3v) is 2.94. The number of nitrogens with zero attached hydrogens (tertiary/aromatic N) is 1. The lowest BCUT2D eigenvalue weighted by molar-refractivity contribution is -0.118. The van der Waals surface area contributed by atoms with Crippen molar-refractivity contribution in [1.82, 2.24) is 14.7 Å². The number of carbonyl (C=O) groups excluding carboxylic acids is 1. The van der Waals surface area contributed by atoms with E-state index >= 15 is 0 Å². The fraction of sp³-hybridized carbons (Fsp3) is 0.400. The molecule has 1 aromatic heterocycles. The predicted molar refractivity (Wildman–Crippen MR) is 52.1 cm³/mol. The Morgan fingerprint density at radius 1 is 1.92 bits per heavy atom. The van der Waals surface area contributed by atoms with Crippen molar-refractivity contribution in [3.8, 4) is 0 Å². The number of aromatic nitrogens is 2. The zero-order valence-electron chi connectivity index (χ0n) is 6.29. The van der Waals surface area contributed by atoms with E-state index in [1.807, 2.05) is 0 Å². The van der Waals surface area contributed by atoms with Gasteiger partial charge in [-0.2, -0.15) is 0 Å². The van der Waals surface area contributed by atoms with Crippen LogP contribution in [-0.2, 0) is 4.79 Å². The van der Waals surface area contributed by atoms with Gasteiger partial charge in [-0.15, -0.1) is 0 Å². The minimum atomic E-state index is -0.0210. The molecule has 2 N–H and O–H groups in total. The summed E-state index contributed by atoms with van der Waals surface area (Å²) in [5, 5.41) is 3.22. The fourth-order valence-corrected chi connectivity index (χ4v) is 2.10. The summed E-state index contributed by atoms with van der Waals surface area (Å²) in [5.74, 6) is 0.346. The van der Waals surface area contributed by atoms with E-state index in [4.69, 9.17) is 12.2 Å². The van der Waals surface area contributed by atoms with Gasteiger partial charge in [-0.1, -0.05) is 11.8 Å². The Hall–Kier alpha value is -0.400. The molecule has 0 bridgehead atoms. The Bertz CT molecular complexity index is 318. The van der Waals surface area contributed by atoms with Crippen molar-refractivity contribution >= 4 is 41.4 Å². The highest BCUT2D eigenvalue weighted by Gasteiger charge is 2.01. The van der Waals surface area contributed by atoms with E-state index < -0.39 is 0 Å². The molecule has 1 amide bonds. The first-order valence-corrected chi connectivity index (χ1v) is 5.32. The van der Waals surface area contributed by atoms with Gasteiger partial charge in [0.2, 0.25) is 5.91 Å². The summed E-state index contributed by atoms with van der Waals surface area (Å²) in [6.07, 6.45) is 0. The molecule has 1 heterocycles. The molecule has 4 nitrogen and oxygen atoms in total. The maximum Gasteiger partial charge on any atom is 0.230 e. The molecule has 0 fully saturated rings. The normalized spacial score (nSPS) is 9.75. The van der Waals surface area contributed by atoms with Gasteiger partial charge >= 0.3 is 0 Å². The average Bonchev–Trinajstić information content (AvgIpc) is 2.47. The summed E-state index contributed by atoms with van der Waals surface area (Å²) in [5.41, 5.74) is 0. The zero-order chi connectivity index (χ0) is 8.97. The molecule has 0 atom stereocenters. The molecule has 0 aliphatic rings. The van der Waals surface area contributed by atoms with Crippen LogP contribution in [0.1, 0.15) is 0 Å². The standard InChI is InChI=1S/C5H7N3OS3/c1-6-3(9)2-11-4-7-5(10)12-8-4/h2H2,1H3,(H,6,9)(H,7,8,10). The molecule has 0 radical (unpaired) electrons. The average molecular weight is 221 g/mol. The number of rotatable bonds is 3. The van der Waals surface area contributed by atoms with Crippen LogP contribution >= 0.6 is 35.5 Å². The van der Waals surface area contributed by atoms with Gasteiger partial charge in [0.15, 0.2) is 9.11 Å². The van der Waals surface area contributed by atoms with Crippen LogP contribution in [-0.4, -0.2) is 28.1 Å². The monoisotopic (exact) mass is 221 g/mol. The van der Waals surface area contributed by atoms with Gasteiger partial charge < -0.3 is 5.32 Å². The Kier molecular flexibility index (Phi) is 3.70. The van der Waals surface area contributed by atoms with Gasteiger partial charge in [0.25, 0.3) is 0 Å². The maximum atomic E-state index is 10.8. The van der Waals surface area contributed by atoms with Crippen LogP contribution in [0.3, 0.4) is 0 Å². The topological polar surface area (TPSA) is 57.8 Å². The third kappa shape index (κ3) is 2.92. The molecule has 7 heteroatoms. The Morgan fingerprint density at radius 3 is 3.17 bits per heavy atom. The molecule has 0 aliphatic heterocycles. The van der Waals surface area contributed by atoms with Crippen LogP contribution in [0.5, 0.6) is 0 Å². The molecule has 0 spiro atoms. The molecule has 0 aliphatic carbocycles. The van der Waals surface area contributed by atoms with E-state index in [2.05, 4.69) is 14.7 Å². The minimum Gasteiger partial charge on any atom is -0.358 e. The van der Waals surface area contributed by atoms with E-state index in [0.29, 0.717) is 14.9 Å². The second kappa shape index (κ2) is 4.58. The van der Waals surface area contributed by atoms with Crippen molar-refractivity contribution in [2.24, 2.45) is 0 Å². The number of thioether (sulfide) groups is 1. The van der Waals surface area contributed by atoms with Gasteiger partial charge in [-0.05, 0) is 23.8 Å². The van der Waals surface area contributed by atoms with Crippen molar-refractivity contribution in [1.29, 1.82) is 0 Å². The van der Waals surface area contributed by atoms with Crippen LogP contribution in [0, 0.1) is 3.95 Å². The molecule has 0 saturated carbocycles. The lowest BCUT2D eigenvalue weighted by Gasteiger charge is -1.94. The van der Waals surface area contributed by atoms with Gasteiger partial charge in [0.05, 0.1) is 5.75 Å². The highest BCUT2D eigenvalue weighted by Crippen LogP contribution is 2.13. The van der Waals surface area contributed by atoms with Crippen LogP contribution in [0.4, 0.5) is 0 Å². The Morgan fingerprint density at radius 2 is 2.67 bits per heavy atom. The SMILES string of the molecule is CNC(=O)CSc1nc(=S)s[nH]1. The van der Waals surface area contributed by atoms with Crippen LogP contribution in [0.2, 0.25) is 0 Å². The first kappa shape index (κ1) is 9.69. The van der Waals surface area contributed by atoms with Gasteiger partial charge in [0, 0.05) is 7.05 Å². The molecular weight excluding hydrogens is 214 g/mol. The number of nitrogens with one attached hydrogen (secondary N) is 2. The highest BCUT2D eigenvalue weighted by atomic mass is 32.2. The van der Waals surface area contributed by atoms with Gasteiger partial charge in [0.1, 0.15) is 0 Å². The zero-order valence-corrected chi connectivity index (χ0v) is 8.74. The largest absolute Gasteiger partial charge is 0.358 e. The summed E-state index contributed by atoms with van der Waals surface area (Å²) in [6, 6.07) is 0. The first-order chi connectivity index (χ1) is 5.72. The number of aromatic amines is 1. The van der Waals surface area contributed by atoms with E-state index in [-0.39, 0.29) is 5.91 Å². The second-order valence-corrected chi connectivity index (χ2v) is 4.25.